The largest absolute Gasteiger partial charge is 0.357 e. The zero-order valence-electron chi connectivity index (χ0n) is 12.4. The van der Waals surface area contributed by atoms with Crippen molar-refractivity contribution in [1.29, 1.82) is 0 Å². The number of carbonyl (C=O) groups is 2. The number of halogens is 1. The summed E-state index contributed by atoms with van der Waals surface area (Å²) in [5.41, 5.74) is 0. The van der Waals surface area contributed by atoms with Crippen molar-refractivity contribution in [3.05, 3.63) is 0 Å². The fraction of sp³-hybridized carbons (Fsp3) is 0.769. The van der Waals surface area contributed by atoms with Crippen molar-refractivity contribution in [3.8, 4) is 0 Å². The van der Waals surface area contributed by atoms with Gasteiger partial charge in [0.1, 0.15) is 0 Å². The van der Waals surface area contributed by atoms with Crippen LogP contribution in [0.4, 0.5) is 4.79 Å². The van der Waals surface area contributed by atoms with E-state index in [1.54, 1.807) is 0 Å². The lowest BCUT2D eigenvalue weighted by atomic mass is 10.2. The summed E-state index contributed by atoms with van der Waals surface area (Å²) in [5, 5.41) is 9.09. The van der Waals surface area contributed by atoms with Crippen LogP contribution in [0, 0.1) is 0 Å². The molecule has 0 aromatic rings. The number of hydrogen-bond acceptors (Lipinski definition) is 3. The highest BCUT2D eigenvalue weighted by molar-refractivity contribution is 14.0. The molecule has 0 aromatic heterocycles. The lowest BCUT2D eigenvalue weighted by molar-refractivity contribution is -0.124. The standard InChI is InChI=1S/C13H23N5O2.HI/c1-2-14-12(17-10-5-3-4-6-10)15-7-8-18-11(19)9-16-13(18)20;/h10H,2-9H2,1H3,(H,16,20)(H2,14,15,17);1H. The summed E-state index contributed by atoms with van der Waals surface area (Å²) in [4.78, 5) is 28.4. The van der Waals surface area contributed by atoms with Gasteiger partial charge in [-0.05, 0) is 19.8 Å². The van der Waals surface area contributed by atoms with Crippen LogP contribution < -0.4 is 16.0 Å². The summed E-state index contributed by atoms with van der Waals surface area (Å²) in [7, 11) is 0. The van der Waals surface area contributed by atoms with Gasteiger partial charge in [-0.1, -0.05) is 12.8 Å². The predicted octanol–water partition coefficient (Wildman–Crippen LogP) is 0.654. The predicted molar refractivity (Wildman–Crippen MR) is 91.9 cm³/mol. The second-order valence-electron chi connectivity index (χ2n) is 5.09. The highest BCUT2D eigenvalue weighted by atomic mass is 127. The third kappa shape index (κ3) is 5.33. The van der Waals surface area contributed by atoms with Crippen molar-refractivity contribution in [3.63, 3.8) is 0 Å². The van der Waals surface area contributed by atoms with Crippen molar-refractivity contribution >= 4 is 41.9 Å². The first-order chi connectivity index (χ1) is 9.70. The van der Waals surface area contributed by atoms with Crippen LogP contribution in [0.2, 0.25) is 0 Å². The van der Waals surface area contributed by atoms with Crippen molar-refractivity contribution in [2.24, 2.45) is 4.99 Å². The highest BCUT2D eigenvalue weighted by Crippen LogP contribution is 2.17. The van der Waals surface area contributed by atoms with Gasteiger partial charge in [-0.3, -0.25) is 14.7 Å². The van der Waals surface area contributed by atoms with Gasteiger partial charge in [0.25, 0.3) is 0 Å². The molecule has 2 fully saturated rings. The molecule has 0 aromatic carbocycles. The van der Waals surface area contributed by atoms with Crippen LogP contribution in [0.3, 0.4) is 0 Å². The van der Waals surface area contributed by atoms with Gasteiger partial charge in [-0.15, -0.1) is 24.0 Å². The Kier molecular flexibility index (Phi) is 7.76. The highest BCUT2D eigenvalue weighted by Gasteiger charge is 2.27. The summed E-state index contributed by atoms with van der Waals surface area (Å²) >= 11 is 0. The van der Waals surface area contributed by atoms with Gasteiger partial charge >= 0.3 is 6.03 Å². The SMILES string of the molecule is CCNC(=NCCN1C(=O)CNC1=O)NC1CCCC1.I. The molecule has 120 valence electrons. The monoisotopic (exact) mass is 409 g/mol. The van der Waals surface area contributed by atoms with E-state index >= 15 is 0 Å². The molecule has 0 bridgehead atoms. The Labute approximate surface area is 142 Å². The molecule has 2 aliphatic rings. The molecule has 3 N–H and O–H groups in total. The number of aliphatic imine (C=N–C) groups is 1. The lowest BCUT2D eigenvalue weighted by Crippen LogP contribution is -2.43. The maximum Gasteiger partial charge on any atom is 0.324 e. The summed E-state index contributed by atoms with van der Waals surface area (Å²) in [6.45, 7) is 3.65. The average molecular weight is 409 g/mol. The summed E-state index contributed by atoms with van der Waals surface area (Å²) in [5.74, 6) is 0.588. The Morgan fingerprint density at radius 2 is 2.10 bits per heavy atom. The third-order valence-electron chi connectivity index (χ3n) is 3.57. The van der Waals surface area contributed by atoms with Crippen LogP contribution >= 0.6 is 24.0 Å². The quantitative estimate of drug-likeness (QED) is 0.270. The molecule has 0 atom stereocenters. The maximum atomic E-state index is 11.4. The van der Waals surface area contributed by atoms with Crippen molar-refractivity contribution in [2.75, 3.05) is 26.2 Å². The second-order valence-corrected chi connectivity index (χ2v) is 5.09. The van der Waals surface area contributed by atoms with Crippen LogP contribution in [-0.2, 0) is 4.79 Å². The lowest BCUT2D eigenvalue weighted by Gasteiger charge is -2.17. The van der Waals surface area contributed by atoms with E-state index in [4.69, 9.17) is 0 Å². The minimum atomic E-state index is -0.320. The van der Waals surface area contributed by atoms with Crippen LogP contribution in [-0.4, -0.2) is 55.0 Å². The molecule has 3 amide bonds. The first kappa shape index (κ1) is 18.0. The van der Waals surface area contributed by atoms with E-state index in [9.17, 15) is 9.59 Å². The number of nitrogens with one attached hydrogen (secondary N) is 3. The Balaban J connectivity index is 0.00000220. The second kappa shape index (κ2) is 9.06. The molecular weight excluding hydrogens is 385 g/mol. The van der Waals surface area contributed by atoms with Gasteiger partial charge < -0.3 is 16.0 Å². The summed E-state index contributed by atoms with van der Waals surface area (Å²) in [6.07, 6.45) is 4.88. The average Bonchev–Trinajstić information content (AvgIpc) is 3.03. The van der Waals surface area contributed by atoms with Gasteiger partial charge in [0.15, 0.2) is 5.96 Å². The number of carbonyl (C=O) groups excluding carboxylic acids is 2. The molecule has 7 nitrogen and oxygen atoms in total. The Morgan fingerprint density at radius 1 is 1.38 bits per heavy atom. The van der Waals surface area contributed by atoms with Crippen LogP contribution in [0.5, 0.6) is 0 Å². The topological polar surface area (TPSA) is 85.8 Å². The fourth-order valence-electron chi connectivity index (χ4n) is 2.53. The molecule has 1 heterocycles. The van der Waals surface area contributed by atoms with E-state index in [-0.39, 0.29) is 42.5 Å². The van der Waals surface area contributed by atoms with Crippen molar-refractivity contribution < 1.29 is 9.59 Å². The van der Waals surface area contributed by atoms with E-state index in [2.05, 4.69) is 20.9 Å². The molecule has 21 heavy (non-hydrogen) atoms. The van der Waals surface area contributed by atoms with Crippen LogP contribution in [0.25, 0.3) is 0 Å². The maximum absolute atomic E-state index is 11.4. The van der Waals surface area contributed by atoms with Gasteiger partial charge in [-0.25, -0.2) is 4.79 Å². The van der Waals surface area contributed by atoms with E-state index in [0.29, 0.717) is 19.1 Å². The molecule has 1 aliphatic heterocycles. The number of amides is 3. The van der Waals surface area contributed by atoms with Gasteiger partial charge in [0.05, 0.1) is 19.6 Å². The molecule has 1 saturated heterocycles. The number of rotatable bonds is 5. The number of urea groups is 1. The van der Waals surface area contributed by atoms with Gasteiger partial charge in [-0.2, -0.15) is 0 Å². The van der Waals surface area contributed by atoms with Crippen molar-refractivity contribution in [2.45, 2.75) is 38.6 Å². The Morgan fingerprint density at radius 3 is 2.67 bits per heavy atom. The van der Waals surface area contributed by atoms with E-state index in [1.807, 2.05) is 6.92 Å². The van der Waals surface area contributed by atoms with Crippen LogP contribution in [0.1, 0.15) is 32.6 Å². The molecular formula is C13H24IN5O2. The van der Waals surface area contributed by atoms with E-state index < -0.39 is 0 Å². The molecule has 1 aliphatic carbocycles. The number of nitrogens with zero attached hydrogens (tertiary/aromatic N) is 2. The van der Waals surface area contributed by atoms with E-state index in [0.717, 1.165) is 12.5 Å². The minimum Gasteiger partial charge on any atom is -0.357 e. The normalized spacial score (nSPS) is 19.5. The Bertz CT molecular complexity index is 380. The van der Waals surface area contributed by atoms with Gasteiger partial charge in [0.2, 0.25) is 5.91 Å². The smallest absolute Gasteiger partial charge is 0.324 e. The molecule has 8 heteroatoms. The number of guanidine groups is 1. The molecule has 0 unspecified atom stereocenters. The summed E-state index contributed by atoms with van der Waals surface area (Å²) in [6, 6.07) is 0.170. The Hall–Kier alpha value is -1.06. The van der Waals surface area contributed by atoms with Crippen molar-refractivity contribution in [1.82, 2.24) is 20.9 Å². The molecule has 0 spiro atoms. The molecule has 2 rings (SSSR count). The fourth-order valence-corrected chi connectivity index (χ4v) is 2.53. The summed E-state index contributed by atoms with van der Waals surface area (Å²) < 4.78 is 0. The molecule has 0 radical (unpaired) electrons. The van der Waals surface area contributed by atoms with Gasteiger partial charge in [0, 0.05) is 12.6 Å². The zero-order chi connectivity index (χ0) is 14.4. The third-order valence-corrected chi connectivity index (χ3v) is 3.57. The minimum absolute atomic E-state index is 0. The number of hydrogen-bond donors (Lipinski definition) is 3. The van der Waals surface area contributed by atoms with E-state index in [1.165, 1.54) is 30.6 Å². The first-order valence-electron chi connectivity index (χ1n) is 7.33. The number of imide groups is 1. The first-order valence-corrected chi connectivity index (χ1v) is 7.33. The zero-order valence-corrected chi connectivity index (χ0v) is 14.7. The van der Waals surface area contributed by atoms with Crippen LogP contribution in [0.15, 0.2) is 4.99 Å². The molecule has 1 saturated carbocycles.